The van der Waals surface area contributed by atoms with Gasteiger partial charge in [-0.15, -0.1) is 0 Å². The number of thiol groups is 1. The zero-order valence-corrected chi connectivity index (χ0v) is 19.2. The number of hydrogen-bond acceptors (Lipinski definition) is 7. The van der Waals surface area contributed by atoms with E-state index in [4.69, 9.17) is 5.73 Å². The van der Waals surface area contributed by atoms with Crippen LogP contribution in [0.1, 0.15) is 52.4 Å². The highest BCUT2D eigenvalue weighted by Gasteiger charge is 2.33. The van der Waals surface area contributed by atoms with E-state index in [0.29, 0.717) is 32.2 Å². The number of aliphatic carboxylic acids is 1. The average Bonchev–Trinajstić information content (AvgIpc) is 3.29. The fraction of sp³-hybridized carbons (Fsp3) is 0.800. The first-order chi connectivity index (χ1) is 14.7. The lowest BCUT2D eigenvalue weighted by Gasteiger charge is -2.27. The van der Waals surface area contributed by atoms with E-state index < -0.39 is 35.9 Å². The van der Waals surface area contributed by atoms with E-state index in [1.54, 1.807) is 0 Å². The van der Waals surface area contributed by atoms with Gasteiger partial charge in [-0.05, 0) is 51.1 Å². The highest BCUT2D eigenvalue weighted by molar-refractivity contribution is 7.80. The molecule has 0 saturated carbocycles. The molecule has 0 aromatic rings. The normalized spacial score (nSPS) is 19.7. The predicted octanol–water partition coefficient (Wildman–Crippen LogP) is -0.618. The Morgan fingerprint density at radius 3 is 2.32 bits per heavy atom. The number of amides is 3. The first-order valence-electron chi connectivity index (χ1n) is 10.9. The second kappa shape index (κ2) is 14.3. The minimum absolute atomic E-state index is 0.0158. The van der Waals surface area contributed by atoms with Crippen LogP contribution in [-0.2, 0) is 19.2 Å². The van der Waals surface area contributed by atoms with E-state index >= 15 is 0 Å². The quantitative estimate of drug-likeness (QED) is 0.134. The Kier molecular flexibility index (Phi) is 12.5. The minimum Gasteiger partial charge on any atom is -0.480 e. The SMILES string of the molecule is CCC(C)C(NC(=O)C1CCCN1)C(=O)NC(CS)C(=O)NC(CCCCN)C(=O)O. The standard InChI is InChI=1S/C20H37N5O5S/c1-3-12(2)16(25-17(26)13-8-6-10-22-13)19(28)24-15(11-31)18(27)23-14(20(29)30)7-4-5-9-21/h12-16,22,31H,3-11,21H2,1-2H3,(H,23,27)(H,24,28)(H,25,26)(H,29,30). The predicted molar refractivity (Wildman–Crippen MR) is 121 cm³/mol. The number of rotatable bonds is 14. The third-order valence-corrected chi connectivity index (χ3v) is 5.91. The van der Waals surface area contributed by atoms with E-state index in [0.717, 1.165) is 13.0 Å². The first-order valence-corrected chi connectivity index (χ1v) is 11.6. The Labute approximate surface area is 189 Å². The van der Waals surface area contributed by atoms with Crippen molar-refractivity contribution in [1.29, 1.82) is 0 Å². The maximum atomic E-state index is 12.9. The highest BCUT2D eigenvalue weighted by atomic mass is 32.1. The molecule has 1 saturated heterocycles. The smallest absolute Gasteiger partial charge is 0.326 e. The lowest BCUT2D eigenvalue weighted by Crippen LogP contribution is -2.59. The number of carboxylic acids is 1. The van der Waals surface area contributed by atoms with Gasteiger partial charge < -0.3 is 32.1 Å². The van der Waals surface area contributed by atoms with Gasteiger partial charge in [-0.1, -0.05) is 20.3 Å². The molecule has 3 amide bonds. The number of hydrogen-bond donors (Lipinski definition) is 7. The van der Waals surface area contributed by atoms with Crippen molar-refractivity contribution in [2.45, 2.75) is 76.5 Å². The lowest BCUT2D eigenvalue weighted by atomic mass is 9.97. The summed E-state index contributed by atoms with van der Waals surface area (Å²) in [6, 6.07) is -3.24. The monoisotopic (exact) mass is 459 g/mol. The van der Waals surface area contributed by atoms with Crippen molar-refractivity contribution in [3.8, 4) is 0 Å². The second-order valence-corrected chi connectivity index (χ2v) is 8.31. The Balaban J connectivity index is 2.77. The van der Waals surface area contributed by atoms with Crippen LogP contribution in [0.4, 0.5) is 0 Å². The molecule has 0 spiro atoms. The van der Waals surface area contributed by atoms with E-state index in [1.807, 2.05) is 13.8 Å². The van der Waals surface area contributed by atoms with Crippen molar-refractivity contribution in [3.05, 3.63) is 0 Å². The molecule has 0 bridgehead atoms. The molecular formula is C20H37N5O5S. The highest BCUT2D eigenvalue weighted by Crippen LogP contribution is 2.11. The van der Waals surface area contributed by atoms with Crippen LogP contribution in [0, 0.1) is 5.92 Å². The molecule has 10 nitrogen and oxygen atoms in total. The second-order valence-electron chi connectivity index (χ2n) is 7.95. The zero-order valence-electron chi connectivity index (χ0n) is 18.4. The molecule has 1 aliphatic rings. The summed E-state index contributed by atoms with van der Waals surface area (Å²) in [5.41, 5.74) is 5.43. The molecule has 31 heavy (non-hydrogen) atoms. The summed E-state index contributed by atoms with van der Waals surface area (Å²) in [4.78, 5) is 49.4. The summed E-state index contributed by atoms with van der Waals surface area (Å²) in [6.07, 6.45) is 3.71. The summed E-state index contributed by atoms with van der Waals surface area (Å²) in [5.74, 6) is -2.69. The molecule has 5 unspecified atom stereocenters. The molecule has 1 aliphatic heterocycles. The number of unbranched alkanes of at least 4 members (excludes halogenated alkanes) is 1. The van der Waals surface area contributed by atoms with E-state index in [1.165, 1.54) is 0 Å². The summed E-state index contributed by atoms with van der Waals surface area (Å²) < 4.78 is 0. The van der Waals surface area contributed by atoms with Crippen LogP contribution in [0.3, 0.4) is 0 Å². The fourth-order valence-electron chi connectivity index (χ4n) is 3.34. The van der Waals surface area contributed by atoms with Gasteiger partial charge in [0.25, 0.3) is 0 Å². The molecule has 7 N–H and O–H groups in total. The molecule has 0 aromatic heterocycles. The van der Waals surface area contributed by atoms with Crippen LogP contribution >= 0.6 is 12.6 Å². The van der Waals surface area contributed by atoms with Crippen molar-refractivity contribution in [2.24, 2.45) is 11.7 Å². The van der Waals surface area contributed by atoms with Crippen LogP contribution in [0.2, 0.25) is 0 Å². The molecular weight excluding hydrogens is 422 g/mol. The molecule has 5 atom stereocenters. The average molecular weight is 460 g/mol. The van der Waals surface area contributed by atoms with Crippen molar-refractivity contribution in [3.63, 3.8) is 0 Å². The maximum Gasteiger partial charge on any atom is 0.326 e. The molecule has 0 aliphatic carbocycles. The van der Waals surface area contributed by atoms with Crippen LogP contribution in [0.5, 0.6) is 0 Å². The Morgan fingerprint density at radius 2 is 1.81 bits per heavy atom. The molecule has 1 rings (SSSR count). The Bertz CT molecular complexity index is 615. The van der Waals surface area contributed by atoms with Gasteiger partial charge in [0.05, 0.1) is 6.04 Å². The van der Waals surface area contributed by atoms with Crippen molar-refractivity contribution in [2.75, 3.05) is 18.8 Å². The summed E-state index contributed by atoms with van der Waals surface area (Å²) >= 11 is 4.14. The van der Waals surface area contributed by atoms with Gasteiger partial charge in [-0.25, -0.2) is 4.79 Å². The van der Waals surface area contributed by atoms with Crippen LogP contribution in [0.15, 0.2) is 0 Å². The largest absolute Gasteiger partial charge is 0.480 e. The number of nitrogens with two attached hydrogens (primary N) is 1. The molecule has 178 valence electrons. The first kappa shape index (κ1) is 27.2. The Morgan fingerprint density at radius 1 is 1.13 bits per heavy atom. The van der Waals surface area contributed by atoms with Gasteiger partial charge in [0.1, 0.15) is 18.1 Å². The van der Waals surface area contributed by atoms with Crippen molar-refractivity contribution >= 4 is 36.3 Å². The maximum absolute atomic E-state index is 12.9. The number of carbonyl (C=O) groups is 4. The van der Waals surface area contributed by atoms with E-state index in [9.17, 15) is 24.3 Å². The third-order valence-electron chi connectivity index (χ3n) is 5.55. The summed E-state index contributed by atoms with van der Waals surface area (Å²) in [5, 5.41) is 20.3. The van der Waals surface area contributed by atoms with Crippen LogP contribution < -0.4 is 27.0 Å². The fourth-order valence-corrected chi connectivity index (χ4v) is 3.60. The van der Waals surface area contributed by atoms with E-state index in [2.05, 4.69) is 33.9 Å². The van der Waals surface area contributed by atoms with Gasteiger partial charge in [-0.3, -0.25) is 14.4 Å². The molecule has 1 heterocycles. The molecule has 0 radical (unpaired) electrons. The van der Waals surface area contributed by atoms with E-state index in [-0.39, 0.29) is 30.0 Å². The third kappa shape index (κ3) is 9.04. The Hall–Kier alpha value is -1.85. The van der Waals surface area contributed by atoms with Gasteiger partial charge in [0.2, 0.25) is 17.7 Å². The number of carboxylic acid groups (broad SMARTS) is 1. The summed E-state index contributed by atoms with van der Waals surface area (Å²) in [7, 11) is 0. The topological polar surface area (TPSA) is 163 Å². The minimum atomic E-state index is -1.15. The van der Waals surface area contributed by atoms with Crippen molar-refractivity contribution < 1.29 is 24.3 Å². The summed E-state index contributed by atoms with van der Waals surface area (Å²) in [6.45, 7) is 4.96. The van der Waals surface area contributed by atoms with Gasteiger partial charge in [0, 0.05) is 5.75 Å². The van der Waals surface area contributed by atoms with Gasteiger partial charge >= 0.3 is 5.97 Å². The lowest BCUT2D eigenvalue weighted by molar-refractivity contribution is -0.142. The number of nitrogens with one attached hydrogen (secondary N) is 4. The van der Waals surface area contributed by atoms with Gasteiger partial charge in [-0.2, -0.15) is 12.6 Å². The zero-order chi connectivity index (χ0) is 23.4. The van der Waals surface area contributed by atoms with Crippen LogP contribution in [-0.4, -0.2) is 71.8 Å². The number of carbonyl (C=O) groups excluding carboxylic acids is 3. The van der Waals surface area contributed by atoms with Gasteiger partial charge in [0.15, 0.2) is 0 Å². The van der Waals surface area contributed by atoms with Crippen molar-refractivity contribution in [1.82, 2.24) is 21.3 Å². The molecule has 11 heteroatoms. The van der Waals surface area contributed by atoms with Crippen LogP contribution in [0.25, 0.3) is 0 Å². The molecule has 1 fully saturated rings. The molecule has 0 aromatic carbocycles.